The van der Waals surface area contributed by atoms with Crippen LogP contribution in [-0.4, -0.2) is 10.1 Å². The van der Waals surface area contributed by atoms with Gasteiger partial charge in [0.15, 0.2) is 5.43 Å². The molecule has 3 nitrogen and oxygen atoms in total. The van der Waals surface area contributed by atoms with Crippen molar-refractivity contribution in [3.63, 3.8) is 0 Å². The number of aromatic amines is 1. The highest BCUT2D eigenvalue weighted by molar-refractivity contribution is 5.79. The molecule has 2 rings (SSSR count). The van der Waals surface area contributed by atoms with Crippen LogP contribution in [0.4, 0.5) is 0 Å². The van der Waals surface area contributed by atoms with Crippen LogP contribution in [0.15, 0.2) is 29.1 Å². The molecule has 1 aromatic carbocycles. The summed E-state index contributed by atoms with van der Waals surface area (Å²) in [6.45, 7) is 1.83. The van der Waals surface area contributed by atoms with Crippen molar-refractivity contribution in [3.05, 3.63) is 40.2 Å². The minimum absolute atomic E-state index is 0.0675. The molecule has 0 aliphatic carbocycles. The van der Waals surface area contributed by atoms with E-state index in [1.165, 1.54) is 12.1 Å². The fourth-order valence-electron chi connectivity index (χ4n) is 1.37. The number of aromatic nitrogens is 1. The average Bonchev–Trinajstić information content (AvgIpc) is 2.06. The van der Waals surface area contributed by atoms with Crippen LogP contribution < -0.4 is 5.43 Å². The van der Waals surface area contributed by atoms with E-state index in [0.29, 0.717) is 5.39 Å². The maximum atomic E-state index is 11.4. The molecule has 0 saturated carbocycles. The van der Waals surface area contributed by atoms with Crippen molar-refractivity contribution >= 4 is 10.9 Å². The number of H-pyrrole nitrogens is 1. The molecule has 3 heteroatoms. The van der Waals surface area contributed by atoms with Gasteiger partial charge in [0, 0.05) is 22.7 Å². The molecule has 2 N–H and O–H groups in total. The highest BCUT2D eigenvalue weighted by atomic mass is 16.3. The lowest BCUT2D eigenvalue weighted by atomic mass is 10.2. The van der Waals surface area contributed by atoms with Gasteiger partial charge in [0.2, 0.25) is 0 Å². The van der Waals surface area contributed by atoms with Crippen molar-refractivity contribution in [1.82, 2.24) is 4.98 Å². The summed E-state index contributed by atoms with van der Waals surface area (Å²) in [5.74, 6) is 0.113. The van der Waals surface area contributed by atoms with Crippen LogP contribution in [0.1, 0.15) is 5.69 Å². The number of hydrogen-bond acceptors (Lipinski definition) is 2. The Morgan fingerprint density at radius 2 is 2.08 bits per heavy atom. The predicted molar refractivity (Wildman–Crippen MR) is 51.0 cm³/mol. The van der Waals surface area contributed by atoms with Crippen LogP contribution in [0.2, 0.25) is 0 Å². The third-order valence-electron chi connectivity index (χ3n) is 1.95. The van der Waals surface area contributed by atoms with Gasteiger partial charge >= 0.3 is 0 Å². The highest BCUT2D eigenvalue weighted by Crippen LogP contribution is 2.14. The number of phenols is 1. The molecule has 0 aliphatic rings. The van der Waals surface area contributed by atoms with Gasteiger partial charge in [-0.15, -0.1) is 0 Å². The van der Waals surface area contributed by atoms with Crippen molar-refractivity contribution in [2.75, 3.05) is 0 Å². The first-order valence-electron chi connectivity index (χ1n) is 3.99. The van der Waals surface area contributed by atoms with Gasteiger partial charge in [-0.3, -0.25) is 4.79 Å². The third-order valence-corrected chi connectivity index (χ3v) is 1.95. The summed E-state index contributed by atoms with van der Waals surface area (Å²) in [6.07, 6.45) is 0. The Bertz CT molecular complexity index is 514. The van der Waals surface area contributed by atoms with Crippen molar-refractivity contribution in [2.24, 2.45) is 0 Å². The molecule has 0 spiro atoms. The van der Waals surface area contributed by atoms with Gasteiger partial charge in [0.1, 0.15) is 5.75 Å². The van der Waals surface area contributed by atoms with Gasteiger partial charge in [0.05, 0.1) is 0 Å². The first-order chi connectivity index (χ1) is 6.16. The molecule has 0 bridgehead atoms. The van der Waals surface area contributed by atoms with Gasteiger partial charge in [0.25, 0.3) is 0 Å². The molecule has 66 valence electrons. The minimum Gasteiger partial charge on any atom is -0.508 e. The van der Waals surface area contributed by atoms with Gasteiger partial charge in [-0.05, 0) is 25.1 Å². The zero-order chi connectivity index (χ0) is 9.42. The van der Waals surface area contributed by atoms with Crippen LogP contribution in [0.25, 0.3) is 10.9 Å². The number of phenolic OH excluding ortho intramolecular Hbond substituents is 1. The molecule has 0 fully saturated rings. The smallest absolute Gasteiger partial charge is 0.189 e. The molecular formula is C10H9NO2. The fraction of sp³-hybridized carbons (Fsp3) is 0.100. The van der Waals surface area contributed by atoms with Gasteiger partial charge in [-0.1, -0.05) is 0 Å². The quantitative estimate of drug-likeness (QED) is 0.638. The maximum absolute atomic E-state index is 11.4. The molecule has 2 aromatic rings. The second-order valence-corrected chi connectivity index (χ2v) is 3.05. The molecule has 0 atom stereocenters. The Labute approximate surface area is 74.7 Å². The van der Waals surface area contributed by atoms with E-state index in [9.17, 15) is 9.90 Å². The Morgan fingerprint density at radius 1 is 1.31 bits per heavy atom. The molecule has 1 aromatic heterocycles. The molecule has 0 saturated heterocycles. The number of benzene rings is 1. The molecule has 0 radical (unpaired) electrons. The summed E-state index contributed by atoms with van der Waals surface area (Å²) in [5, 5.41) is 9.69. The monoisotopic (exact) mass is 175 g/mol. The van der Waals surface area contributed by atoms with Gasteiger partial charge in [-0.2, -0.15) is 0 Å². The summed E-state index contributed by atoms with van der Waals surface area (Å²) in [4.78, 5) is 14.5. The number of pyridine rings is 1. The van der Waals surface area contributed by atoms with Gasteiger partial charge in [-0.25, -0.2) is 0 Å². The van der Waals surface area contributed by atoms with Crippen LogP contribution in [0.5, 0.6) is 5.75 Å². The summed E-state index contributed by atoms with van der Waals surface area (Å²) in [7, 11) is 0. The van der Waals surface area contributed by atoms with Crippen molar-refractivity contribution in [2.45, 2.75) is 6.92 Å². The Balaban J connectivity index is 2.95. The van der Waals surface area contributed by atoms with E-state index < -0.39 is 0 Å². The predicted octanol–water partition coefficient (Wildman–Crippen LogP) is 1.54. The summed E-state index contributed by atoms with van der Waals surface area (Å²) in [6, 6.07) is 6.23. The SMILES string of the molecule is Cc1cc(=O)c2cc(O)ccc2[nH]1. The second-order valence-electron chi connectivity index (χ2n) is 3.05. The van der Waals surface area contributed by atoms with E-state index in [1.54, 1.807) is 12.1 Å². The molecular weight excluding hydrogens is 166 g/mol. The topological polar surface area (TPSA) is 53.1 Å². The first kappa shape index (κ1) is 7.86. The lowest BCUT2D eigenvalue weighted by molar-refractivity contribution is 0.476. The summed E-state index contributed by atoms with van der Waals surface area (Å²) >= 11 is 0. The van der Waals surface area contributed by atoms with Crippen molar-refractivity contribution < 1.29 is 5.11 Å². The minimum atomic E-state index is -0.0675. The molecule has 0 aliphatic heterocycles. The van der Waals surface area contributed by atoms with Crippen LogP contribution in [0.3, 0.4) is 0 Å². The number of fused-ring (bicyclic) bond motifs is 1. The number of hydrogen-bond donors (Lipinski definition) is 2. The fourth-order valence-corrected chi connectivity index (χ4v) is 1.37. The van der Waals surface area contributed by atoms with E-state index in [4.69, 9.17) is 0 Å². The normalized spacial score (nSPS) is 10.5. The van der Waals surface area contributed by atoms with Crippen molar-refractivity contribution in [3.8, 4) is 5.75 Å². The third kappa shape index (κ3) is 1.28. The van der Waals surface area contributed by atoms with Crippen LogP contribution in [-0.2, 0) is 0 Å². The van der Waals surface area contributed by atoms with E-state index in [2.05, 4.69) is 4.98 Å². The standard InChI is InChI=1S/C10H9NO2/c1-6-4-10(13)8-5-7(12)2-3-9(8)11-6/h2-5,12H,1H3,(H,11,13). The summed E-state index contributed by atoms with van der Waals surface area (Å²) < 4.78 is 0. The van der Waals surface area contributed by atoms with E-state index in [0.717, 1.165) is 11.2 Å². The highest BCUT2D eigenvalue weighted by Gasteiger charge is 1.99. The number of rotatable bonds is 0. The zero-order valence-corrected chi connectivity index (χ0v) is 7.16. The largest absolute Gasteiger partial charge is 0.508 e. The molecule has 1 heterocycles. The van der Waals surface area contributed by atoms with Gasteiger partial charge < -0.3 is 10.1 Å². The second kappa shape index (κ2) is 2.62. The maximum Gasteiger partial charge on any atom is 0.189 e. The lowest BCUT2D eigenvalue weighted by Crippen LogP contribution is -2.02. The Morgan fingerprint density at radius 3 is 2.85 bits per heavy atom. The Hall–Kier alpha value is -1.77. The number of aromatic hydroxyl groups is 1. The van der Waals surface area contributed by atoms with E-state index in [-0.39, 0.29) is 11.2 Å². The van der Waals surface area contributed by atoms with E-state index in [1.807, 2.05) is 6.92 Å². The Kier molecular flexibility index (Phi) is 1.59. The zero-order valence-electron chi connectivity index (χ0n) is 7.16. The van der Waals surface area contributed by atoms with Crippen LogP contribution in [0, 0.1) is 6.92 Å². The van der Waals surface area contributed by atoms with Crippen LogP contribution >= 0.6 is 0 Å². The average molecular weight is 175 g/mol. The molecule has 0 amide bonds. The molecule has 13 heavy (non-hydrogen) atoms. The number of aryl methyl sites for hydroxylation is 1. The van der Waals surface area contributed by atoms with E-state index >= 15 is 0 Å². The molecule has 0 unspecified atom stereocenters. The summed E-state index contributed by atoms with van der Waals surface area (Å²) in [5.41, 5.74) is 1.51. The number of nitrogens with one attached hydrogen (secondary N) is 1. The first-order valence-corrected chi connectivity index (χ1v) is 3.99. The lowest BCUT2D eigenvalue weighted by Gasteiger charge is -1.99. The van der Waals surface area contributed by atoms with Crippen molar-refractivity contribution in [1.29, 1.82) is 0 Å².